The number of ether oxygens (including phenoxy) is 1. The second-order valence-electron chi connectivity index (χ2n) is 8.23. The van der Waals surface area contributed by atoms with Crippen molar-refractivity contribution >= 4 is 29.2 Å². The second-order valence-corrected chi connectivity index (χ2v) is 8.23. The number of aromatic amines is 1. The Morgan fingerprint density at radius 2 is 1.93 bits per heavy atom. The number of hydrogen-bond acceptors (Lipinski definition) is 3. The summed E-state index contributed by atoms with van der Waals surface area (Å²) in [6.07, 6.45) is 7.60. The summed E-state index contributed by atoms with van der Waals surface area (Å²) in [6.45, 7) is 2.60. The van der Waals surface area contributed by atoms with Gasteiger partial charge >= 0.3 is 0 Å². The van der Waals surface area contributed by atoms with Crippen molar-refractivity contribution in [1.29, 1.82) is 0 Å². The van der Waals surface area contributed by atoms with E-state index >= 15 is 0 Å². The van der Waals surface area contributed by atoms with Crippen molar-refractivity contribution in [2.45, 2.75) is 38.5 Å². The maximum Gasteiger partial charge on any atom is 0.256 e. The van der Waals surface area contributed by atoms with Gasteiger partial charge in [-0.15, -0.1) is 0 Å². The number of nitrogens with zero attached hydrogens (tertiary/aromatic N) is 1. The fourth-order valence-corrected chi connectivity index (χ4v) is 4.82. The molecule has 2 aliphatic heterocycles. The van der Waals surface area contributed by atoms with Crippen LogP contribution in [0.15, 0.2) is 24.3 Å². The number of anilines is 1. The highest BCUT2D eigenvalue weighted by atomic mass is 16.5. The average molecular weight is 405 g/mol. The predicted octanol–water partition coefficient (Wildman–Crippen LogP) is 3.18. The monoisotopic (exact) mass is 405 g/mol. The zero-order valence-corrected chi connectivity index (χ0v) is 17.1. The molecule has 0 spiro atoms. The Bertz CT molecular complexity index is 1010. The number of benzene rings is 1. The molecule has 0 saturated carbocycles. The third-order valence-corrected chi connectivity index (χ3v) is 6.39. The minimum Gasteiger partial charge on any atom is -0.378 e. The molecule has 1 aromatic heterocycles. The van der Waals surface area contributed by atoms with Crippen LogP contribution >= 0.6 is 0 Å². The molecule has 6 heteroatoms. The second kappa shape index (κ2) is 8.11. The van der Waals surface area contributed by atoms with Crippen LogP contribution in [0.25, 0.3) is 11.6 Å². The molecule has 2 aromatic rings. The van der Waals surface area contributed by atoms with E-state index in [-0.39, 0.29) is 11.8 Å². The van der Waals surface area contributed by atoms with Gasteiger partial charge in [-0.2, -0.15) is 0 Å². The summed E-state index contributed by atoms with van der Waals surface area (Å²) in [6, 6.07) is 7.78. The normalized spacial score (nSPS) is 19.5. The van der Waals surface area contributed by atoms with Crippen LogP contribution in [0, 0.1) is 0 Å². The van der Waals surface area contributed by atoms with Gasteiger partial charge in [-0.1, -0.05) is 18.2 Å². The van der Waals surface area contributed by atoms with Crippen molar-refractivity contribution in [2.24, 2.45) is 0 Å². The molecule has 3 heterocycles. The van der Waals surface area contributed by atoms with E-state index in [0.29, 0.717) is 44.7 Å². The minimum absolute atomic E-state index is 0.0703. The number of para-hydroxylation sites is 1. The molecule has 1 aromatic carbocycles. The van der Waals surface area contributed by atoms with Gasteiger partial charge in [-0.25, -0.2) is 0 Å². The lowest BCUT2D eigenvalue weighted by atomic mass is 9.92. The number of nitrogens with one attached hydrogen (secondary N) is 2. The van der Waals surface area contributed by atoms with E-state index in [4.69, 9.17) is 4.74 Å². The highest BCUT2D eigenvalue weighted by molar-refractivity contribution is 6.34. The van der Waals surface area contributed by atoms with Crippen LogP contribution in [-0.4, -0.2) is 48.0 Å². The van der Waals surface area contributed by atoms with E-state index < -0.39 is 0 Å². The first-order valence-corrected chi connectivity index (χ1v) is 10.9. The molecular formula is C24H27N3O3. The van der Waals surface area contributed by atoms with Crippen LogP contribution < -0.4 is 5.32 Å². The maximum atomic E-state index is 12.7. The Labute approximate surface area is 176 Å². The van der Waals surface area contributed by atoms with Crippen molar-refractivity contribution in [2.75, 3.05) is 31.6 Å². The van der Waals surface area contributed by atoms with Crippen LogP contribution in [0.2, 0.25) is 0 Å². The Hall–Kier alpha value is -2.86. The molecule has 0 radical (unpaired) electrons. The summed E-state index contributed by atoms with van der Waals surface area (Å²) < 4.78 is 5.36. The summed E-state index contributed by atoms with van der Waals surface area (Å²) in [5, 5.41) is 2.95. The Kier molecular flexibility index (Phi) is 5.17. The Balaban J connectivity index is 1.45. The molecule has 0 atom stereocenters. The van der Waals surface area contributed by atoms with Gasteiger partial charge in [0.15, 0.2) is 0 Å². The van der Waals surface area contributed by atoms with Crippen LogP contribution in [-0.2, 0) is 33.6 Å². The fraction of sp³-hybridized carbons (Fsp3) is 0.417. The molecule has 2 N–H and O–H groups in total. The molecule has 6 nitrogen and oxygen atoms in total. The molecule has 30 heavy (non-hydrogen) atoms. The van der Waals surface area contributed by atoms with Crippen LogP contribution in [0.5, 0.6) is 0 Å². The summed E-state index contributed by atoms with van der Waals surface area (Å²) in [7, 11) is 0. The van der Waals surface area contributed by atoms with Crippen molar-refractivity contribution in [1.82, 2.24) is 9.88 Å². The average Bonchev–Trinajstić information content (AvgIpc) is 3.29. The first-order chi connectivity index (χ1) is 14.7. The van der Waals surface area contributed by atoms with E-state index in [1.165, 1.54) is 29.7 Å². The number of aromatic nitrogens is 1. The van der Waals surface area contributed by atoms with Gasteiger partial charge < -0.3 is 19.9 Å². The van der Waals surface area contributed by atoms with Crippen molar-refractivity contribution in [3.05, 3.63) is 52.3 Å². The van der Waals surface area contributed by atoms with Crippen molar-refractivity contribution < 1.29 is 14.3 Å². The molecule has 0 bridgehead atoms. The largest absolute Gasteiger partial charge is 0.378 e. The Morgan fingerprint density at radius 1 is 1.13 bits per heavy atom. The number of morpholine rings is 1. The molecule has 1 saturated heterocycles. The fourth-order valence-electron chi connectivity index (χ4n) is 4.82. The Morgan fingerprint density at radius 3 is 2.80 bits per heavy atom. The summed E-state index contributed by atoms with van der Waals surface area (Å²) in [5.41, 5.74) is 7.29. The van der Waals surface area contributed by atoms with Gasteiger partial charge in [0.2, 0.25) is 5.91 Å². The lowest BCUT2D eigenvalue weighted by Gasteiger charge is -2.27. The lowest BCUT2D eigenvalue weighted by Crippen LogP contribution is -2.40. The van der Waals surface area contributed by atoms with E-state index in [1.54, 1.807) is 0 Å². The molecule has 0 unspecified atom stereocenters. The van der Waals surface area contributed by atoms with E-state index in [1.807, 2.05) is 35.2 Å². The van der Waals surface area contributed by atoms with Gasteiger partial charge in [-0.3, -0.25) is 9.59 Å². The number of aryl methyl sites for hydroxylation is 1. The van der Waals surface area contributed by atoms with Crippen LogP contribution in [0.4, 0.5) is 5.69 Å². The van der Waals surface area contributed by atoms with E-state index in [0.717, 1.165) is 29.8 Å². The SMILES string of the molecule is O=C1Nc2ccccc2/C1=C\c1[nH]c2c(c1CCC(=O)N1CCOCC1)CCCC2. The van der Waals surface area contributed by atoms with Crippen LogP contribution in [0.3, 0.4) is 0 Å². The molecular weight excluding hydrogens is 378 g/mol. The van der Waals surface area contributed by atoms with Gasteiger partial charge in [0.1, 0.15) is 0 Å². The number of hydrogen-bond donors (Lipinski definition) is 2. The van der Waals surface area contributed by atoms with E-state index in [2.05, 4.69) is 10.3 Å². The highest BCUT2D eigenvalue weighted by Crippen LogP contribution is 2.35. The van der Waals surface area contributed by atoms with Crippen molar-refractivity contribution in [3.63, 3.8) is 0 Å². The summed E-state index contributed by atoms with van der Waals surface area (Å²) in [4.78, 5) is 30.8. The van der Waals surface area contributed by atoms with Crippen LogP contribution in [0.1, 0.15) is 47.3 Å². The molecule has 2 amide bonds. The van der Waals surface area contributed by atoms with E-state index in [9.17, 15) is 9.59 Å². The van der Waals surface area contributed by atoms with Gasteiger partial charge in [0.05, 0.1) is 18.8 Å². The molecule has 1 fully saturated rings. The third-order valence-electron chi connectivity index (χ3n) is 6.39. The number of carbonyl (C=O) groups excluding carboxylic acids is 2. The molecule has 1 aliphatic carbocycles. The number of H-pyrrole nitrogens is 1. The number of rotatable bonds is 4. The number of carbonyl (C=O) groups is 2. The smallest absolute Gasteiger partial charge is 0.256 e. The first kappa shape index (κ1) is 19.1. The minimum atomic E-state index is -0.0703. The summed E-state index contributed by atoms with van der Waals surface area (Å²) >= 11 is 0. The highest BCUT2D eigenvalue weighted by Gasteiger charge is 2.26. The number of amides is 2. The summed E-state index contributed by atoms with van der Waals surface area (Å²) in [5.74, 6) is 0.116. The molecule has 156 valence electrons. The van der Waals surface area contributed by atoms with Crippen molar-refractivity contribution in [3.8, 4) is 0 Å². The van der Waals surface area contributed by atoms with Gasteiger partial charge in [0, 0.05) is 42.1 Å². The topological polar surface area (TPSA) is 74.4 Å². The zero-order valence-electron chi connectivity index (χ0n) is 17.1. The first-order valence-electron chi connectivity index (χ1n) is 10.9. The molecule has 5 rings (SSSR count). The predicted molar refractivity (Wildman–Crippen MR) is 116 cm³/mol. The zero-order chi connectivity index (χ0) is 20.5. The molecule has 3 aliphatic rings. The standard InChI is InChI=1S/C24H27N3O3/c28-23(27-11-13-30-14-12-27)10-9-18-16-5-1-3-7-20(16)25-22(18)15-19-17-6-2-4-8-21(17)26-24(19)29/h2,4,6,8,15,25H,1,3,5,7,9-14H2,(H,26,29)/b19-15+. The number of fused-ring (bicyclic) bond motifs is 2. The maximum absolute atomic E-state index is 12.7. The third kappa shape index (κ3) is 3.56. The quantitative estimate of drug-likeness (QED) is 0.768. The van der Waals surface area contributed by atoms with Gasteiger partial charge in [-0.05, 0) is 55.4 Å². The van der Waals surface area contributed by atoms with Gasteiger partial charge in [0.25, 0.3) is 5.91 Å². The lowest BCUT2D eigenvalue weighted by molar-refractivity contribution is -0.135.